The van der Waals surface area contributed by atoms with Gasteiger partial charge in [-0.3, -0.25) is 10.3 Å². The van der Waals surface area contributed by atoms with Crippen LogP contribution in [0.2, 0.25) is 0 Å². The second kappa shape index (κ2) is 4.35. The van der Waals surface area contributed by atoms with E-state index in [-0.39, 0.29) is 5.70 Å². The molecule has 1 N–H and O–H groups in total. The van der Waals surface area contributed by atoms with Crippen LogP contribution in [0.15, 0.2) is 30.8 Å². The lowest BCUT2D eigenvalue weighted by Crippen LogP contribution is -2.10. The molecule has 1 aromatic rings. The summed E-state index contributed by atoms with van der Waals surface area (Å²) in [4.78, 5) is 4.30. The highest BCUT2D eigenvalue weighted by Gasteiger charge is 2.30. The molecule has 0 fully saturated rings. The zero-order valence-corrected chi connectivity index (χ0v) is 7.77. The van der Waals surface area contributed by atoms with Crippen LogP contribution in [0.5, 0.6) is 0 Å². The standard InChI is InChI=1S/C10H9F3NO/c1-7(14-15-2)8-4-3-5-9(6-8)10(11,12)13/h3-6,14H,1-2H2. The molecule has 1 aromatic carbocycles. The molecule has 1 radical (unpaired) electrons. The molecular weight excluding hydrogens is 207 g/mol. The molecule has 0 heterocycles. The van der Waals surface area contributed by atoms with E-state index in [4.69, 9.17) is 0 Å². The average molecular weight is 216 g/mol. The van der Waals surface area contributed by atoms with Gasteiger partial charge in [-0.1, -0.05) is 18.7 Å². The Hall–Kier alpha value is -1.49. The van der Waals surface area contributed by atoms with E-state index in [1.54, 1.807) is 0 Å². The first-order valence-corrected chi connectivity index (χ1v) is 3.98. The molecule has 0 atom stereocenters. The molecule has 81 valence electrons. The van der Waals surface area contributed by atoms with Crippen LogP contribution >= 0.6 is 0 Å². The van der Waals surface area contributed by atoms with Gasteiger partial charge in [-0.25, -0.2) is 0 Å². The first kappa shape index (κ1) is 11.6. The third-order valence-corrected chi connectivity index (χ3v) is 1.73. The molecule has 0 aliphatic rings. The Kier molecular flexibility index (Phi) is 3.36. The van der Waals surface area contributed by atoms with E-state index in [0.29, 0.717) is 5.56 Å². The molecule has 0 saturated heterocycles. The van der Waals surface area contributed by atoms with E-state index in [1.165, 1.54) is 12.1 Å². The van der Waals surface area contributed by atoms with Crippen LogP contribution in [0.3, 0.4) is 0 Å². The summed E-state index contributed by atoms with van der Waals surface area (Å²) >= 11 is 0. The minimum Gasteiger partial charge on any atom is -0.274 e. The van der Waals surface area contributed by atoms with Gasteiger partial charge in [0.15, 0.2) is 0 Å². The number of alkyl halides is 3. The van der Waals surface area contributed by atoms with Gasteiger partial charge in [0.25, 0.3) is 0 Å². The Morgan fingerprint density at radius 2 is 2.00 bits per heavy atom. The Morgan fingerprint density at radius 3 is 2.53 bits per heavy atom. The van der Waals surface area contributed by atoms with E-state index >= 15 is 0 Å². The fourth-order valence-electron chi connectivity index (χ4n) is 1.03. The predicted molar refractivity (Wildman–Crippen MR) is 50.1 cm³/mol. The number of nitrogens with one attached hydrogen (secondary N) is 1. The average Bonchev–Trinajstić information content (AvgIpc) is 2.17. The van der Waals surface area contributed by atoms with Crippen molar-refractivity contribution in [3.8, 4) is 0 Å². The van der Waals surface area contributed by atoms with Gasteiger partial charge in [-0.05, 0) is 17.7 Å². The van der Waals surface area contributed by atoms with Crippen molar-refractivity contribution in [3.05, 3.63) is 49.1 Å². The van der Waals surface area contributed by atoms with Gasteiger partial charge in [0, 0.05) is 0 Å². The molecule has 15 heavy (non-hydrogen) atoms. The maximum Gasteiger partial charge on any atom is 0.416 e. The summed E-state index contributed by atoms with van der Waals surface area (Å²) in [6.07, 6.45) is -4.36. The van der Waals surface area contributed by atoms with Crippen molar-refractivity contribution in [2.45, 2.75) is 6.18 Å². The van der Waals surface area contributed by atoms with Crippen LogP contribution in [0.25, 0.3) is 5.70 Å². The summed E-state index contributed by atoms with van der Waals surface area (Å²) in [7, 11) is 3.03. The van der Waals surface area contributed by atoms with Crippen LogP contribution < -0.4 is 5.48 Å². The van der Waals surface area contributed by atoms with Crippen molar-refractivity contribution in [1.82, 2.24) is 5.48 Å². The number of benzene rings is 1. The normalized spacial score (nSPS) is 11.2. The quantitative estimate of drug-likeness (QED) is 0.784. The van der Waals surface area contributed by atoms with Crippen molar-refractivity contribution in [2.24, 2.45) is 0 Å². The number of hydrogen-bond acceptors (Lipinski definition) is 2. The van der Waals surface area contributed by atoms with Crippen LogP contribution in [0.4, 0.5) is 13.2 Å². The first-order chi connectivity index (χ1) is 6.95. The summed E-state index contributed by atoms with van der Waals surface area (Å²) in [6.45, 7) is 3.49. The molecule has 0 saturated carbocycles. The third-order valence-electron chi connectivity index (χ3n) is 1.73. The third kappa shape index (κ3) is 2.99. The first-order valence-electron chi connectivity index (χ1n) is 3.98. The van der Waals surface area contributed by atoms with Crippen LogP contribution in [0.1, 0.15) is 11.1 Å². The summed E-state index contributed by atoms with van der Waals surface area (Å²) in [5.74, 6) is 0. The lowest BCUT2D eigenvalue weighted by atomic mass is 10.1. The van der Waals surface area contributed by atoms with Crippen molar-refractivity contribution in [2.75, 3.05) is 0 Å². The molecule has 0 spiro atoms. The largest absolute Gasteiger partial charge is 0.416 e. The fourth-order valence-corrected chi connectivity index (χ4v) is 1.03. The molecule has 2 nitrogen and oxygen atoms in total. The second-order valence-corrected chi connectivity index (χ2v) is 2.80. The zero-order valence-electron chi connectivity index (χ0n) is 7.77. The highest BCUT2D eigenvalue weighted by molar-refractivity contribution is 5.61. The second-order valence-electron chi connectivity index (χ2n) is 2.80. The van der Waals surface area contributed by atoms with E-state index in [0.717, 1.165) is 12.1 Å². The summed E-state index contributed by atoms with van der Waals surface area (Å²) in [5, 5.41) is 0. The van der Waals surface area contributed by atoms with Crippen LogP contribution in [-0.2, 0) is 11.0 Å². The maximum atomic E-state index is 12.3. The molecule has 0 bridgehead atoms. The van der Waals surface area contributed by atoms with Gasteiger partial charge >= 0.3 is 6.18 Å². The van der Waals surface area contributed by atoms with Gasteiger partial charge in [-0.2, -0.15) is 13.2 Å². The van der Waals surface area contributed by atoms with Gasteiger partial charge in [0.2, 0.25) is 0 Å². The van der Waals surface area contributed by atoms with Gasteiger partial charge in [0.1, 0.15) is 7.11 Å². The molecule has 0 aromatic heterocycles. The number of hydroxylamine groups is 1. The lowest BCUT2D eigenvalue weighted by Gasteiger charge is -2.10. The Bertz CT molecular complexity index is 360. The van der Waals surface area contributed by atoms with Crippen LogP contribution in [0, 0.1) is 7.11 Å². The van der Waals surface area contributed by atoms with Gasteiger partial charge in [0.05, 0.1) is 11.3 Å². The predicted octanol–water partition coefficient (Wildman–Crippen LogP) is 2.99. The zero-order chi connectivity index (χ0) is 11.5. The van der Waals surface area contributed by atoms with Gasteiger partial charge < -0.3 is 0 Å². The van der Waals surface area contributed by atoms with Crippen molar-refractivity contribution in [1.29, 1.82) is 0 Å². The highest BCUT2D eigenvalue weighted by Crippen LogP contribution is 2.30. The number of rotatable bonds is 3. The van der Waals surface area contributed by atoms with Crippen molar-refractivity contribution in [3.63, 3.8) is 0 Å². The van der Waals surface area contributed by atoms with E-state index in [1.807, 2.05) is 0 Å². The monoisotopic (exact) mass is 216 g/mol. The summed E-state index contributed by atoms with van der Waals surface area (Å²) in [5.41, 5.74) is 2.06. The van der Waals surface area contributed by atoms with Gasteiger partial charge in [-0.15, -0.1) is 0 Å². The fraction of sp³-hybridized carbons (Fsp3) is 0.100. The minimum atomic E-state index is -4.36. The van der Waals surface area contributed by atoms with E-state index in [2.05, 4.69) is 24.0 Å². The summed E-state index contributed by atoms with van der Waals surface area (Å²) in [6, 6.07) is 4.76. The lowest BCUT2D eigenvalue weighted by molar-refractivity contribution is -0.137. The SMILES string of the molecule is [CH2]ONC(=C)c1cccc(C(F)(F)F)c1. The molecule has 0 amide bonds. The van der Waals surface area contributed by atoms with Crippen LogP contribution in [-0.4, -0.2) is 0 Å². The molecule has 5 heteroatoms. The Labute approximate surface area is 85.3 Å². The molecule has 0 aliphatic carbocycles. The number of halogens is 3. The Balaban J connectivity index is 2.98. The topological polar surface area (TPSA) is 21.3 Å². The molecule has 1 rings (SSSR count). The van der Waals surface area contributed by atoms with Crippen molar-refractivity contribution < 1.29 is 18.0 Å². The minimum absolute atomic E-state index is 0.219. The molecule has 0 unspecified atom stereocenters. The Morgan fingerprint density at radius 1 is 1.33 bits per heavy atom. The maximum absolute atomic E-state index is 12.3. The van der Waals surface area contributed by atoms with Crippen molar-refractivity contribution >= 4 is 5.70 Å². The summed E-state index contributed by atoms with van der Waals surface area (Å²) < 4.78 is 37.0. The highest BCUT2D eigenvalue weighted by atomic mass is 19.4. The van der Waals surface area contributed by atoms with E-state index in [9.17, 15) is 13.2 Å². The molecular formula is C10H9F3NO. The molecule has 0 aliphatic heterocycles. The van der Waals surface area contributed by atoms with E-state index < -0.39 is 11.7 Å². The smallest absolute Gasteiger partial charge is 0.274 e. The number of hydrogen-bond donors (Lipinski definition) is 1.